The zero-order valence-electron chi connectivity index (χ0n) is 9.34. The van der Waals surface area contributed by atoms with E-state index in [1.807, 2.05) is 0 Å². The summed E-state index contributed by atoms with van der Waals surface area (Å²) in [5.41, 5.74) is 1.37. The maximum Gasteiger partial charge on any atom is 0.0309 e. The summed E-state index contributed by atoms with van der Waals surface area (Å²) in [4.78, 5) is 2.54. The van der Waals surface area contributed by atoms with Crippen LogP contribution in [0.2, 0.25) is 0 Å². The second-order valence-electron chi connectivity index (χ2n) is 4.46. The van der Waals surface area contributed by atoms with Crippen molar-refractivity contribution in [1.29, 1.82) is 0 Å². The van der Waals surface area contributed by atoms with Gasteiger partial charge in [0.05, 0.1) is 0 Å². The molecule has 1 rings (SSSR count). The highest BCUT2D eigenvalue weighted by Gasteiger charge is 2.25. The van der Waals surface area contributed by atoms with E-state index in [4.69, 9.17) is 0 Å². The number of hydrogen-bond donors (Lipinski definition) is 0. The molecule has 1 heterocycles. The molecule has 1 heteroatoms. The van der Waals surface area contributed by atoms with E-state index in [1.165, 1.54) is 37.9 Å². The van der Waals surface area contributed by atoms with Gasteiger partial charge < -0.3 is 4.90 Å². The molecule has 0 spiro atoms. The van der Waals surface area contributed by atoms with Gasteiger partial charge in [-0.15, -0.1) is 0 Å². The molecule has 0 N–H and O–H groups in total. The van der Waals surface area contributed by atoms with E-state index in [0.29, 0.717) is 0 Å². The quantitative estimate of drug-likeness (QED) is 0.642. The van der Waals surface area contributed by atoms with Gasteiger partial charge in [-0.25, -0.2) is 0 Å². The lowest BCUT2D eigenvalue weighted by molar-refractivity contribution is 0.212. The van der Waals surface area contributed by atoms with E-state index in [1.54, 1.807) is 0 Å². The van der Waals surface area contributed by atoms with Crippen molar-refractivity contribution in [2.75, 3.05) is 6.54 Å². The summed E-state index contributed by atoms with van der Waals surface area (Å²) in [6.45, 7) is 12.3. The van der Waals surface area contributed by atoms with Crippen LogP contribution in [-0.4, -0.2) is 17.5 Å². The predicted octanol–water partition coefficient (Wildman–Crippen LogP) is 3.42. The first kappa shape index (κ1) is 10.6. The molecule has 0 bridgehead atoms. The molecule has 0 aliphatic carbocycles. The summed E-state index contributed by atoms with van der Waals surface area (Å²) >= 11 is 0. The third-order valence-electron chi connectivity index (χ3n) is 3.02. The van der Waals surface area contributed by atoms with Crippen LogP contribution in [0.5, 0.6) is 0 Å². The fourth-order valence-electron chi connectivity index (χ4n) is 2.30. The van der Waals surface area contributed by atoms with Crippen molar-refractivity contribution in [1.82, 2.24) is 4.90 Å². The molecule has 1 nitrogen and oxygen atoms in total. The Kier molecular flexibility index (Phi) is 3.83. The molecule has 1 fully saturated rings. The highest BCUT2D eigenvalue weighted by Crippen LogP contribution is 2.27. The van der Waals surface area contributed by atoms with Crippen LogP contribution in [0.15, 0.2) is 12.3 Å². The minimum atomic E-state index is 0.736. The Morgan fingerprint density at radius 2 is 2.15 bits per heavy atom. The smallest absolute Gasteiger partial charge is 0.0309 e. The standard InChI is InChI=1S/C12H23N/c1-5-7-12(10(2)3)13-9-6-8-11(13)4/h10,12H,4-9H2,1-3H3. The molecular weight excluding hydrogens is 158 g/mol. The Bertz CT molecular complexity index is 172. The third-order valence-corrected chi connectivity index (χ3v) is 3.02. The highest BCUT2D eigenvalue weighted by molar-refractivity contribution is 5.02. The van der Waals surface area contributed by atoms with Crippen LogP contribution in [0, 0.1) is 5.92 Å². The zero-order valence-corrected chi connectivity index (χ0v) is 9.34. The topological polar surface area (TPSA) is 3.24 Å². The van der Waals surface area contributed by atoms with E-state index in [-0.39, 0.29) is 0 Å². The minimum Gasteiger partial charge on any atom is -0.372 e. The van der Waals surface area contributed by atoms with E-state index >= 15 is 0 Å². The monoisotopic (exact) mass is 181 g/mol. The molecule has 0 aromatic heterocycles. The van der Waals surface area contributed by atoms with E-state index < -0.39 is 0 Å². The summed E-state index contributed by atoms with van der Waals surface area (Å²) in [7, 11) is 0. The average molecular weight is 181 g/mol. The van der Waals surface area contributed by atoms with Crippen molar-refractivity contribution in [2.24, 2.45) is 5.92 Å². The molecule has 1 unspecified atom stereocenters. The van der Waals surface area contributed by atoms with Crippen molar-refractivity contribution in [3.8, 4) is 0 Å². The molecule has 0 amide bonds. The fourth-order valence-corrected chi connectivity index (χ4v) is 2.30. The molecule has 13 heavy (non-hydrogen) atoms. The number of nitrogens with zero attached hydrogens (tertiary/aromatic N) is 1. The fraction of sp³-hybridized carbons (Fsp3) is 0.833. The van der Waals surface area contributed by atoms with Gasteiger partial charge in [-0.05, 0) is 25.2 Å². The predicted molar refractivity (Wildman–Crippen MR) is 58.6 cm³/mol. The summed E-state index contributed by atoms with van der Waals surface area (Å²) in [6.07, 6.45) is 5.13. The molecule has 76 valence electrons. The molecule has 1 atom stereocenters. The van der Waals surface area contributed by atoms with Crippen molar-refractivity contribution >= 4 is 0 Å². The largest absolute Gasteiger partial charge is 0.372 e. The maximum atomic E-state index is 4.15. The van der Waals surface area contributed by atoms with E-state index in [9.17, 15) is 0 Å². The zero-order chi connectivity index (χ0) is 9.84. The third kappa shape index (κ3) is 2.49. The second kappa shape index (κ2) is 4.69. The average Bonchev–Trinajstić information content (AvgIpc) is 2.47. The molecule has 0 aromatic rings. The van der Waals surface area contributed by atoms with Crippen molar-refractivity contribution in [2.45, 2.75) is 52.5 Å². The molecule has 1 aliphatic rings. The van der Waals surface area contributed by atoms with Crippen LogP contribution in [-0.2, 0) is 0 Å². The van der Waals surface area contributed by atoms with Gasteiger partial charge in [-0.2, -0.15) is 0 Å². The van der Waals surface area contributed by atoms with E-state index in [2.05, 4.69) is 32.3 Å². The van der Waals surface area contributed by atoms with Gasteiger partial charge in [0.1, 0.15) is 0 Å². The Hall–Kier alpha value is -0.460. The lowest BCUT2D eigenvalue weighted by Crippen LogP contribution is -2.35. The molecule has 0 aromatic carbocycles. The van der Waals surface area contributed by atoms with Gasteiger partial charge in [0.15, 0.2) is 0 Å². The Morgan fingerprint density at radius 1 is 1.46 bits per heavy atom. The van der Waals surface area contributed by atoms with Gasteiger partial charge in [0.2, 0.25) is 0 Å². The first-order chi connectivity index (χ1) is 6.16. The molecule has 1 aliphatic heterocycles. The van der Waals surface area contributed by atoms with Crippen LogP contribution in [0.3, 0.4) is 0 Å². The van der Waals surface area contributed by atoms with Crippen LogP contribution in [0.1, 0.15) is 46.5 Å². The Balaban J connectivity index is 2.57. The first-order valence-electron chi connectivity index (χ1n) is 5.61. The van der Waals surface area contributed by atoms with Gasteiger partial charge in [0.25, 0.3) is 0 Å². The SMILES string of the molecule is C=C1CCCN1C(CCC)C(C)C. The summed E-state index contributed by atoms with van der Waals surface area (Å²) in [5.74, 6) is 0.759. The van der Waals surface area contributed by atoms with Crippen LogP contribution in [0.4, 0.5) is 0 Å². The summed E-state index contributed by atoms with van der Waals surface area (Å²) in [6, 6.07) is 0.736. The highest BCUT2D eigenvalue weighted by atomic mass is 15.2. The Labute approximate surface area is 82.8 Å². The lowest BCUT2D eigenvalue weighted by Gasteiger charge is -2.33. The van der Waals surface area contributed by atoms with Crippen LogP contribution in [0.25, 0.3) is 0 Å². The second-order valence-corrected chi connectivity index (χ2v) is 4.46. The first-order valence-corrected chi connectivity index (χ1v) is 5.61. The van der Waals surface area contributed by atoms with Gasteiger partial charge in [0, 0.05) is 18.3 Å². The van der Waals surface area contributed by atoms with Gasteiger partial charge >= 0.3 is 0 Å². The van der Waals surface area contributed by atoms with Crippen LogP contribution < -0.4 is 0 Å². The number of rotatable bonds is 4. The number of hydrogen-bond acceptors (Lipinski definition) is 1. The number of allylic oxidation sites excluding steroid dienone is 1. The van der Waals surface area contributed by atoms with Gasteiger partial charge in [-0.1, -0.05) is 33.8 Å². The summed E-state index contributed by atoms with van der Waals surface area (Å²) < 4.78 is 0. The Morgan fingerprint density at radius 3 is 2.54 bits per heavy atom. The van der Waals surface area contributed by atoms with E-state index in [0.717, 1.165) is 12.0 Å². The molecule has 1 saturated heterocycles. The van der Waals surface area contributed by atoms with Crippen molar-refractivity contribution < 1.29 is 0 Å². The maximum absolute atomic E-state index is 4.15. The normalized spacial score (nSPS) is 20.0. The molecule has 0 radical (unpaired) electrons. The van der Waals surface area contributed by atoms with Crippen molar-refractivity contribution in [3.63, 3.8) is 0 Å². The van der Waals surface area contributed by atoms with Crippen molar-refractivity contribution in [3.05, 3.63) is 12.3 Å². The summed E-state index contributed by atoms with van der Waals surface area (Å²) in [5, 5.41) is 0. The van der Waals surface area contributed by atoms with Gasteiger partial charge in [-0.3, -0.25) is 0 Å². The molecular formula is C12H23N. The van der Waals surface area contributed by atoms with Crippen LogP contribution >= 0.6 is 0 Å². The number of likely N-dealkylation sites (tertiary alicyclic amines) is 1. The molecule has 0 saturated carbocycles. The lowest BCUT2D eigenvalue weighted by atomic mass is 9.98. The minimum absolute atomic E-state index is 0.736.